The van der Waals surface area contributed by atoms with E-state index in [9.17, 15) is 0 Å². The van der Waals surface area contributed by atoms with Crippen LogP contribution in [0.25, 0.3) is 0 Å². The van der Waals surface area contributed by atoms with Crippen LogP contribution in [0, 0.1) is 5.41 Å². The van der Waals surface area contributed by atoms with Crippen molar-refractivity contribution in [1.82, 2.24) is 4.90 Å². The van der Waals surface area contributed by atoms with E-state index < -0.39 is 0 Å². The maximum atomic E-state index is 6.24. The average Bonchev–Trinajstić information content (AvgIpc) is 2.59. The van der Waals surface area contributed by atoms with Gasteiger partial charge >= 0.3 is 0 Å². The van der Waals surface area contributed by atoms with Crippen molar-refractivity contribution in [2.45, 2.75) is 51.7 Å². The molecule has 1 aliphatic heterocycles. The molecule has 0 bridgehead atoms. The van der Waals surface area contributed by atoms with Crippen LogP contribution in [-0.4, -0.2) is 43.3 Å². The fourth-order valence-corrected chi connectivity index (χ4v) is 3.14. The van der Waals surface area contributed by atoms with Gasteiger partial charge in [0.1, 0.15) is 0 Å². The van der Waals surface area contributed by atoms with E-state index in [0.29, 0.717) is 17.6 Å². The van der Waals surface area contributed by atoms with Crippen LogP contribution < -0.4 is 5.73 Å². The fourth-order valence-electron chi connectivity index (χ4n) is 3.14. The molecule has 2 N–H and O–H groups in total. The van der Waals surface area contributed by atoms with Gasteiger partial charge in [0, 0.05) is 25.7 Å². The van der Waals surface area contributed by atoms with Gasteiger partial charge in [-0.25, -0.2) is 0 Å². The maximum Gasteiger partial charge on any atom is 0.0700 e. The van der Waals surface area contributed by atoms with E-state index in [1.165, 1.54) is 19.3 Å². The lowest BCUT2D eigenvalue weighted by atomic mass is 9.84. The van der Waals surface area contributed by atoms with Crippen molar-refractivity contribution in [3.05, 3.63) is 0 Å². The number of nitrogens with two attached hydrogens (primary N) is 1. The monoisotopic (exact) mass is 226 g/mol. The second-order valence-corrected chi connectivity index (χ2v) is 5.79. The molecule has 1 saturated heterocycles. The molecule has 0 aromatic heterocycles. The second-order valence-electron chi connectivity index (χ2n) is 5.79. The normalized spacial score (nSPS) is 41.4. The van der Waals surface area contributed by atoms with Crippen LogP contribution in [0.1, 0.15) is 39.5 Å². The molecule has 2 fully saturated rings. The van der Waals surface area contributed by atoms with Crippen LogP contribution in [0.15, 0.2) is 0 Å². The van der Waals surface area contributed by atoms with E-state index in [1.54, 1.807) is 0 Å². The van der Waals surface area contributed by atoms with Gasteiger partial charge in [0.25, 0.3) is 0 Å². The second kappa shape index (κ2) is 5.03. The minimum Gasteiger partial charge on any atom is -0.376 e. The summed E-state index contributed by atoms with van der Waals surface area (Å²) < 4.78 is 5.71. The molecule has 3 unspecified atom stereocenters. The number of morpholine rings is 1. The summed E-state index contributed by atoms with van der Waals surface area (Å²) in [6.07, 6.45) is 5.37. The third kappa shape index (κ3) is 2.58. The van der Waals surface area contributed by atoms with E-state index in [4.69, 9.17) is 10.5 Å². The highest BCUT2D eigenvalue weighted by Crippen LogP contribution is 2.37. The molecular weight excluding hydrogens is 200 g/mol. The SMILES string of the molecule is CCC1CN(CC2(C)CCCC2N)CCO1. The van der Waals surface area contributed by atoms with Crippen LogP contribution >= 0.6 is 0 Å². The highest BCUT2D eigenvalue weighted by Gasteiger charge is 2.38. The zero-order chi connectivity index (χ0) is 11.6. The Morgan fingerprint density at radius 1 is 1.50 bits per heavy atom. The lowest BCUT2D eigenvalue weighted by molar-refractivity contribution is -0.0417. The van der Waals surface area contributed by atoms with E-state index in [0.717, 1.165) is 32.7 Å². The summed E-state index contributed by atoms with van der Waals surface area (Å²) in [5, 5.41) is 0. The van der Waals surface area contributed by atoms with Gasteiger partial charge in [0.15, 0.2) is 0 Å². The topological polar surface area (TPSA) is 38.5 Å². The number of nitrogens with zero attached hydrogens (tertiary/aromatic N) is 1. The lowest BCUT2D eigenvalue weighted by Gasteiger charge is -2.39. The number of ether oxygens (including phenoxy) is 1. The molecule has 1 aliphatic carbocycles. The zero-order valence-electron chi connectivity index (χ0n) is 10.7. The molecule has 0 radical (unpaired) electrons. The Balaban J connectivity index is 1.88. The van der Waals surface area contributed by atoms with Crippen molar-refractivity contribution in [3.63, 3.8) is 0 Å². The van der Waals surface area contributed by atoms with Crippen molar-refractivity contribution in [3.8, 4) is 0 Å². The molecule has 2 aliphatic rings. The third-order valence-corrected chi connectivity index (χ3v) is 4.42. The summed E-state index contributed by atoms with van der Waals surface area (Å²) in [5.74, 6) is 0. The summed E-state index contributed by atoms with van der Waals surface area (Å²) in [5.41, 5.74) is 6.58. The first-order valence-corrected chi connectivity index (χ1v) is 6.73. The highest BCUT2D eigenvalue weighted by molar-refractivity contribution is 4.94. The smallest absolute Gasteiger partial charge is 0.0700 e. The van der Waals surface area contributed by atoms with Gasteiger partial charge in [-0.2, -0.15) is 0 Å². The number of rotatable bonds is 3. The molecule has 0 spiro atoms. The first-order chi connectivity index (χ1) is 7.64. The van der Waals surface area contributed by atoms with Crippen molar-refractivity contribution in [2.24, 2.45) is 11.1 Å². The molecule has 2 rings (SSSR count). The lowest BCUT2D eigenvalue weighted by Crippen LogP contribution is -2.50. The molecule has 3 atom stereocenters. The number of hydrogen-bond donors (Lipinski definition) is 1. The largest absolute Gasteiger partial charge is 0.376 e. The molecule has 0 aromatic carbocycles. The molecule has 3 heteroatoms. The van der Waals surface area contributed by atoms with Gasteiger partial charge in [-0.1, -0.05) is 20.3 Å². The summed E-state index contributed by atoms with van der Waals surface area (Å²) in [7, 11) is 0. The number of hydrogen-bond acceptors (Lipinski definition) is 3. The molecule has 16 heavy (non-hydrogen) atoms. The highest BCUT2D eigenvalue weighted by atomic mass is 16.5. The first kappa shape index (κ1) is 12.3. The van der Waals surface area contributed by atoms with Crippen LogP contribution in [0.3, 0.4) is 0 Å². The van der Waals surface area contributed by atoms with Crippen molar-refractivity contribution < 1.29 is 4.74 Å². The summed E-state index contributed by atoms with van der Waals surface area (Å²) in [4.78, 5) is 2.56. The molecule has 1 heterocycles. The standard InChI is InChI=1S/C13H26N2O/c1-3-11-9-15(7-8-16-11)10-13(2)6-4-5-12(13)14/h11-12H,3-10,14H2,1-2H3. The maximum absolute atomic E-state index is 6.24. The van der Waals surface area contributed by atoms with E-state index >= 15 is 0 Å². The van der Waals surface area contributed by atoms with E-state index in [1.807, 2.05) is 0 Å². The quantitative estimate of drug-likeness (QED) is 0.794. The summed E-state index contributed by atoms with van der Waals surface area (Å²) >= 11 is 0. The molecule has 3 nitrogen and oxygen atoms in total. The Hall–Kier alpha value is -0.120. The summed E-state index contributed by atoms with van der Waals surface area (Å²) in [6, 6.07) is 0.399. The average molecular weight is 226 g/mol. The van der Waals surface area contributed by atoms with Crippen LogP contribution in [-0.2, 0) is 4.74 Å². The predicted octanol–water partition coefficient (Wildman–Crippen LogP) is 1.61. The van der Waals surface area contributed by atoms with Crippen molar-refractivity contribution >= 4 is 0 Å². The fraction of sp³-hybridized carbons (Fsp3) is 1.00. The molecule has 0 aromatic rings. The predicted molar refractivity (Wildman–Crippen MR) is 66.4 cm³/mol. The van der Waals surface area contributed by atoms with Gasteiger partial charge < -0.3 is 10.5 Å². The Labute approximate surface area is 99.3 Å². The Morgan fingerprint density at radius 2 is 2.31 bits per heavy atom. The van der Waals surface area contributed by atoms with Gasteiger partial charge in [-0.3, -0.25) is 4.90 Å². The molecule has 0 amide bonds. The van der Waals surface area contributed by atoms with Crippen molar-refractivity contribution in [2.75, 3.05) is 26.2 Å². The summed E-state index contributed by atoms with van der Waals surface area (Å²) in [6.45, 7) is 8.80. The van der Waals surface area contributed by atoms with Gasteiger partial charge in [0.2, 0.25) is 0 Å². The van der Waals surface area contributed by atoms with Crippen molar-refractivity contribution in [1.29, 1.82) is 0 Å². The first-order valence-electron chi connectivity index (χ1n) is 6.73. The Morgan fingerprint density at radius 3 is 2.94 bits per heavy atom. The molecule has 1 saturated carbocycles. The van der Waals surface area contributed by atoms with E-state index in [-0.39, 0.29) is 0 Å². The van der Waals surface area contributed by atoms with Crippen LogP contribution in [0.5, 0.6) is 0 Å². The Bertz CT molecular complexity index is 234. The minimum absolute atomic E-state index is 0.343. The van der Waals surface area contributed by atoms with Crippen LogP contribution in [0.2, 0.25) is 0 Å². The van der Waals surface area contributed by atoms with Crippen LogP contribution in [0.4, 0.5) is 0 Å². The van der Waals surface area contributed by atoms with Gasteiger partial charge in [-0.05, 0) is 24.7 Å². The Kier molecular flexibility index (Phi) is 3.88. The minimum atomic E-state index is 0.343. The molecular formula is C13H26N2O. The van der Waals surface area contributed by atoms with Gasteiger partial charge in [-0.15, -0.1) is 0 Å². The zero-order valence-corrected chi connectivity index (χ0v) is 10.7. The van der Waals surface area contributed by atoms with E-state index in [2.05, 4.69) is 18.7 Å². The van der Waals surface area contributed by atoms with Gasteiger partial charge in [0.05, 0.1) is 12.7 Å². The third-order valence-electron chi connectivity index (χ3n) is 4.42. The molecule has 94 valence electrons.